The van der Waals surface area contributed by atoms with E-state index in [1.165, 1.54) is 11.9 Å². The molecule has 1 heterocycles. The summed E-state index contributed by atoms with van der Waals surface area (Å²) < 4.78 is 4.73. The van der Waals surface area contributed by atoms with Gasteiger partial charge in [-0.3, -0.25) is 9.69 Å². The number of aliphatic hydroxyl groups excluding tert-OH is 1. The SMILES string of the molecule is CNC(=O)CN1CC(CO)OC1=O. The van der Waals surface area contributed by atoms with E-state index in [-0.39, 0.29) is 25.6 Å². The Bertz CT molecular complexity index is 219. The molecule has 0 aliphatic carbocycles. The average molecular weight is 188 g/mol. The fourth-order valence-corrected chi connectivity index (χ4v) is 1.05. The molecule has 1 saturated heterocycles. The highest BCUT2D eigenvalue weighted by Gasteiger charge is 2.31. The third-order valence-corrected chi connectivity index (χ3v) is 1.77. The fraction of sp³-hybridized carbons (Fsp3) is 0.714. The Kier molecular flexibility index (Phi) is 3.07. The number of carbonyl (C=O) groups excluding carboxylic acids is 2. The standard InChI is InChI=1S/C7H12N2O4/c1-8-6(11)3-9-2-5(4-10)13-7(9)12/h5,10H,2-4H2,1H3,(H,8,11). The van der Waals surface area contributed by atoms with Crippen molar-refractivity contribution in [3.63, 3.8) is 0 Å². The molecule has 1 aliphatic rings. The zero-order chi connectivity index (χ0) is 9.84. The lowest BCUT2D eigenvalue weighted by Gasteiger charge is -2.10. The van der Waals surface area contributed by atoms with Crippen molar-refractivity contribution in [3.05, 3.63) is 0 Å². The van der Waals surface area contributed by atoms with Crippen molar-refractivity contribution in [2.75, 3.05) is 26.7 Å². The number of nitrogens with one attached hydrogen (secondary N) is 1. The molecule has 0 aromatic rings. The molecule has 74 valence electrons. The van der Waals surface area contributed by atoms with Crippen molar-refractivity contribution in [1.82, 2.24) is 10.2 Å². The molecule has 0 saturated carbocycles. The molecular weight excluding hydrogens is 176 g/mol. The Morgan fingerprint density at radius 1 is 1.85 bits per heavy atom. The van der Waals surface area contributed by atoms with Crippen LogP contribution in [0.2, 0.25) is 0 Å². The molecule has 6 nitrogen and oxygen atoms in total. The number of carbonyl (C=O) groups is 2. The predicted molar refractivity (Wildman–Crippen MR) is 43.0 cm³/mol. The zero-order valence-electron chi connectivity index (χ0n) is 7.32. The van der Waals surface area contributed by atoms with Gasteiger partial charge >= 0.3 is 6.09 Å². The molecule has 6 heteroatoms. The Morgan fingerprint density at radius 3 is 3.00 bits per heavy atom. The summed E-state index contributed by atoms with van der Waals surface area (Å²) in [6.07, 6.45) is -1.06. The minimum Gasteiger partial charge on any atom is -0.442 e. The molecule has 0 aromatic heterocycles. The highest BCUT2D eigenvalue weighted by molar-refractivity contribution is 5.82. The van der Waals surface area contributed by atoms with Crippen LogP contribution in [0.5, 0.6) is 0 Å². The maximum Gasteiger partial charge on any atom is 0.410 e. The highest BCUT2D eigenvalue weighted by atomic mass is 16.6. The number of amides is 2. The van der Waals surface area contributed by atoms with E-state index in [0.29, 0.717) is 0 Å². The third-order valence-electron chi connectivity index (χ3n) is 1.77. The minimum absolute atomic E-state index is 0.0220. The molecule has 1 unspecified atom stereocenters. The van der Waals surface area contributed by atoms with Crippen LogP contribution in [0.4, 0.5) is 4.79 Å². The second kappa shape index (κ2) is 4.08. The maximum absolute atomic E-state index is 11.0. The molecule has 1 fully saturated rings. The van der Waals surface area contributed by atoms with Crippen LogP contribution in [-0.4, -0.2) is 54.9 Å². The van der Waals surface area contributed by atoms with E-state index in [0.717, 1.165) is 0 Å². The van der Waals surface area contributed by atoms with E-state index < -0.39 is 12.2 Å². The van der Waals surface area contributed by atoms with Crippen molar-refractivity contribution in [3.8, 4) is 0 Å². The molecule has 1 aliphatic heterocycles. The monoisotopic (exact) mass is 188 g/mol. The summed E-state index contributed by atoms with van der Waals surface area (Å²) in [6, 6.07) is 0. The molecular formula is C7H12N2O4. The van der Waals surface area contributed by atoms with Gasteiger partial charge in [-0.1, -0.05) is 0 Å². The molecule has 0 spiro atoms. The van der Waals surface area contributed by atoms with Crippen molar-refractivity contribution < 1.29 is 19.4 Å². The quantitative estimate of drug-likeness (QED) is 0.567. The van der Waals surface area contributed by atoms with E-state index >= 15 is 0 Å². The molecule has 2 amide bonds. The van der Waals surface area contributed by atoms with Gasteiger partial charge in [-0.25, -0.2) is 4.79 Å². The van der Waals surface area contributed by atoms with Gasteiger partial charge in [0.15, 0.2) is 0 Å². The first kappa shape index (κ1) is 9.79. The Balaban J connectivity index is 2.43. The van der Waals surface area contributed by atoms with Crippen LogP contribution in [0, 0.1) is 0 Å². The van der Waals surface area contributed by atoms with Gasteiger partial charge in [0.05, 0.1) is 13.2 Å². The lowest BCUT2D eigenvalue weighted by atomic mass is 10.3. The van der Waals surface area contributed by atoms with Crippen LogP contribution < -0.4 is 5.32 Å². The van der Waals surface area contributed by atoms with Crippen molar-refractivity contribution in [2.24, 2.45) is 0 Å². The summed E-state index contributed by atoms with van der Waals surface area (Å²) >= 11 is 0. The van der Waals surface area contributed by atoms with E-state index in [2.05, 4.69) is 5.32 Å². The minimum atomic E-state index is -0.553. The predicted octanol–water partition coefficient (Wildman–Crippen LogP) is -1.45. The smallest absolute Gasteiger partial charge is 0.410 e. The molecule has 1 atom stereocenters. The summed E-state index contributed by atoms with van der Waals surface area (Å²) in [4.78, 5) is 23.1. The molecule has 13 heavy (non-hydrogen) atoms. The maximum atomic E-state index is 11.0. The average Bonchev–Trinajstić information content (AvgIpc) is 2.47. The second-order valence-corrected chi connectivity index (χ2v) is 2.74. The van der Waals surface area contributed by atoms with Gasteiger partial charge in [0.2, 0.25) is 5.91 Å². The molecule has 0 bridgehead atoms. The number of aliphatic hydroxyl groups is 1. The van der Waals surface area contributed by atoms with E-state index in [1.54, 1.807) is 0 Å². The van der Waals surface area contributed by atoms with Crippen LogP contribution in [-0.2, 0) is 9.53 Å². The lowest BCUT2D eigenvalue weighted by Crippen LogP contribution is -2.36. The van der Waals surface area contributed by atoms with Crippen LogP contribution in [0.1, 0.15) is 0 Å². The Labute approximate surface area is 75.5 Å². The van der Waals surface area contributed by atoms with Gasteiger partial charge in [-0.05, 0) is 0 Å². The van der Waals surface area contributed by atoms with E-state index in [9.17, 15) is 9.59 Å². The van der Waals surface area contributed by atoms with Gasteiger partial charge in [-0.15, -0.1) is 0 Å². The highest BCUT2D eigenvalue weighted by Crippen LogP contribution is 2.09. The normalized spacial score (nSPS) is 21.5. The third kappa shape index (κ3) is 2.32. The van der Waals surface area contributed by atoms with E-state index in [4.69, 9.17) is 9.84 Å². The number of rotatable bonds is 3. The van der Waals surface area contributed by atoms with E-state index in [1.807, 2.05) is 0 Å². The lowest BCUT2D eigenvalue weighted by molar-refractivity contribution is -0.121. The molecule has 1 rings (SSSR count). The first-order valence-electron chi connectivity index (χ1n) is 3.94. The zero-order valence-corrected chi connectivity index (χ0v) is 7.32. The number of likely N-dealkylation sites (N-methyl/N-ethyl adjacent to an activating group) is 1. The summed E-state index contributed by atoms with van der Waals surface area (Å²) in [6.45, 7) is 0.0323. The summed E-state index contributed by atoms with van der Waals surface area (Å²) in [7, 11) is 1.49. The van der Waals surface area contributed by atoms with Gasteiger partial charge in [0.1, 0.15) is 12.6 Å². The molecule has 2 N–H and O–H groups in total. The van der Waals surface area contributed by atoms with Crippen LogP contribution in [0.25, 0.3) is 0 Å². The number of cyclic esters (lactones) is 1. The van der Waals surface area contributed by atoms with Crippen molar-refractivity contribution in [1.29, 1.82) is 0 Å². The number of hydrogen-bond acceptors (Lipinski definition) is 4. The Hall–Kier alpha value is -1.30. The van der Waals surface area contributed by atoms with Crippen LogP contribution in [0.15, 0.2) is 0 Å². The largest absolute Gasteiger partial charge is 0.442 e. The fourth-order valence-electron chi connectivity index (χ4n) is 1.05. The van der Waals surface area contributed by atoms with Crippen LogP contribution in [0.3, 0.4) is 0 Å². The number of nitrogens with zero attached hydrogens (tertiary/aromatic N) is 1. The topological polar surface area (TPSA) is 78.9 Å². The molecule has 0 radical (unpaired) electrons. The van der Waals surface area contributed by atoms with Gasteiger partial charge in [0, 0.05) is 7.05 Å². The van der Waals surface area contributed by atoms with Gasteiger partial charge < -0.3 is 15.2 Å². The van der Waals surface area contributed by atoms with Gasteiger partial charge in [0.25, 0.3) is 0 Å². The first-order chi connectivity index (χ1) is 6.17. The van der Waals surface area contributed by atoms with Crippen LogP contribution >= 0.6 is 0 Å². The molecule has 0 aromatic carbocycles. The number of ether oxygens (including phenoxy) is 1. The second-order valence-electron chi connectivity index (χ2n) is 2.74. The van der Waals surface area contributed by atoms with Crippen molar-refractivity contribution in [2.45, 2.75) is 6.10 Å². The first-order valence-corrected chi connectivity index (χ1v) is 3.94. The summed E-state index contributed by atoms with van der Waals surface area (Å²) in [5.74, 6) is -0.254. The van der Waals surface area contributed by atoms with Gasteiger partial charge in [-0.2, -0.15) is 0 Å². The Morgan fingerprint density at radius 2 is 2.54 bits per heavy atom. The number of hydrogen-bond donors (Lipinski definition) is 2. The van der Waals surface area contributed by atoms with Crippen molar-refractivity contribution >= 4 is 12.0 Å². The summed E-state index contributed by atoms with van der Waals surface area (Å²) in [5, 5.41) is 11.1. The summed E-state index contributed by atoms with van der Waals surface area (Å²) in [5.41, 5.74) is 0.